The van der Waals surface area contributed by atoms with Crippen LogP contribution in [0.1, 0.15) is 24.0 Å². The first-order chi connectivity index (χ1) is 11.6. The van der Waals surface area contributed by atoms with Crippen LogP contribution in [0, 0.1) is 11.3 Å². The molecular formula is C18H14Cl2N4. The molecule has 0 amide bonds. The SMILES string of the molecule is N#Cc1cccc2[nH]c(NCC3(c4ccc(Cl)c(Cl)c4)CC3)nc12. The molecule has 1 fully saturated rings. The van der Waals surface area contributed by atoms with E-state index in [2.05, 4.69) is 21.4 Å². The number of imidazole rings is 1. The number of halogens is 2. The summed E-state index contributed by atoms with van der Waals surface area (Å²) in [5, 5.41) is 13.7. The first-order valence-corrected chi connectivity index (χ1v) is 8.45. The number of aromatic amines is 1. The molecule has 3 aromatic rings. The van der Waals surface area contributed by atoms with Crippen molar-refractivity contribution in [3.63, 3.8) is 0 Å². The molecule has 0 aliphatic heterocycles. The maximum absolute atomic E-state index is 9.16. The fourth-order valence-electron chi connectivity index (χ4n) is 3.00. The summed E-state index contributed by atoms with van der Waals surface area (Å²) >= 11 is 12.2. The number of nitriles is 1. The smallest absolute Gasteiger partial charge is 0.201 e. The minimum Gasteiger partial charge on any atom is -0.355 e. The van der Waals surface area contributed by atoms with E-state index in [1.54, 1.807) is 6.07 Å². The Morgan fingerprint density at radius 2 is 2.04 bits per heavy atom. The number of rotatable bonds is 4. The summed E-state index contributed by atoms with van der Waals surface area (Å²) in [4.78, 5) is 7.73. The van der Waals surface area contributed by atoms with Crippen LogP contribution in [0.15, 0.2) is 36.4 Å². The largest absolute Gasteiger partial charge is 0.355 e. The standard InChI is InChI=1S/C18H14Cl2N4/c19-13-5-4-12(8-14(13)20)18(6-7-18)10-22-17-23-15-3-1-2-11(9-21)16(15)24-17/h1-5,8H,6-7,10H2,(H2,22,23,24). The Kier molecular flexibility index (Phi) is 3.64. The van der Waals surface area contributed by atoms with E-state index in [4.69, 9.17) is 28.5 Å². The number of aromatic nitrogens is 2. The van der Waals surface area contributed by atoms with Gasteiger partial charge in [-0.2, -0.15) is 5.26 Å². The summed E-state index contributed by atoms with van der Waals surface area (Å²) in [6, 6.07) is 13.5. The van der Waals surface area contributed by atoms with Crippen molar-refractivity contribution in [1.82, 2.24) is 9.97 Å². The van der Waals surface area contributed by atoms with Crippen molar-refractivity contribution >= 4 is 40.2 Å². The van der Waals surface area contributed by atoms with Gasteiger partial charge < -0.3 is 10.3 Å². The molecule has 6 heteroatoms. The van der Waals surface area contributed by atoms with E-state index in [1.165, 1.54) is 5.56 Å². The Labute approximate surface area is 149 Å². The lowest BCUT2D eigenvalue weighted by Gasteiger charge is -2.17. The number of nitrogens with one attached hydrogen (secondary N) is 2. The summed E-state index contributed by atoms with van der Waals surface area (Å²) in [5.74, 6) is 0.680. The van der Waals surface area contributed by atoms with Crippen LogP contribution in [0.25, 0.3) is 11.0 Å². The Morgan fingerprint density at radius 1 is 1.21 bits per heavy atom. The quantitative estimate of drug-likeness (QED) is 0.699. The maximum Gasteiger partial charge on any atom is 0.201 e. The molecule has 2 aromatic carbocycles. The Morgan fingerprint density at radius 3 is 2.75 bits per heavy atom. The number of benzene rings is 2. The van der Waals surface area contributed by atoms with Crippen LogP contribution in [0.3, 0.4) is 0 Å². The van der Waals surface area contributed by atoms with E-state index < -0.39 is 0 Å². The average Bonchev–Trinajstić information content (AvgIpc) is 3.26. The number of hydrogen-bond acceptors (Lipinski definition) is 3. The van der Waals surface area contributed by atoms with Gasteiger partial charge >= 0.3 is 0 Å². The Hall–Kier alpha value is -2.22. The molecule has 120 valence electrons. The van der Waals surface area contributed by atoms with E-state index in [0.29, 0.717) is 27.1 Å². The van der Waals surface area contributed by atoms with Gasteiger partial charge in [0.25, 0.3) is 0 Å². The van der Waals surface area contributed by atoms with E-state index in [-0.39, 0.29) is 5.41 Å². The fourth-order valence-corrected chi connectivity index (χ4v) is 3.30. The van der Waals surface area contributed by atoms with Gasteiger partial charge in [-0.05, 0) is 42.7 Å². The lowest BCUT2D eigenvalue weighted by Crippen LogP contribution is -2.20. The average molecular weight is 357 g/mol. The van der Waals surface area contributed by atoms with E-state index in [0.717, 1.165) is 24.9 Å². The third-order valence-corrected chi connectivity index (χ3v) is 5.35. The van der Waals surface area contributed by atoms with Gasteiger partial charge in [-0.3, -0.25) is 0 Å². The molecule has 0 saturated heterocycles. The molecule has 0 spiro atoms. The lowest BCUT2D eigenvalue weighted by atomic mass is 9.96. The van der Waals surface area contributed by atoms with Gasteiger partial charge in [-0.25, -0.2) is 4.98 Å². The highest BCUT2D eigenvalue weighted by Crippen LogP contribution is 2.49. The molecule has 1 aliphatic rings. The topological polar surface area (TPSA) is 64.5 Å². The number of fused-ring (bicyclic) bond motifs is 1. The van der Waals surface area contributed by atoms with Crippen LogP contribution in [-0.2, 0) is 5.41 Å². The van der Waals surface area contributed by atoms with Crippen LogP contribution < -0.4 is 5.32 Å². The van der Waals surface area contributed by atoms with Crippen LogP contribution in [-0.4, -0.2) is 16.5 Å². The van der Waals surface area contributed by atoms with Crippen molar-refractivity contribution in [2.24, 2.45) is 0 Å². The highest BCUT2D eigenvalue weighted by Gasteiger charge is 2.44. The van der Waals surface area contributed by atoms with Gasteiger partial charge in [-0.1, -0.05) is 35.3 Å². The first kappa shape index (κ1) is 15.3. The maximum atomic E-state index is 9.16. The predicted octanol–water partition coefficient (Wildman–Crippen LogP) is 4.89. The normalized spacial score (nSPS) is 15.2. The molecule has 1 aromatic heterocycles. The fraction of sp³-hybridized carbons (Fsp3) is 0.222. The molecule has 1 heterocycles. The molecule has 0 bridgehead atoms. The summed E-state index contributed by atoms with van der Waals surface area (Å²) in [5.41, 5.74) is 3.39. The summed E-state index contributed by atoms with van der Waals surface area (Å²) < 4.78 is 0. The van der Waals surface area contributed by atoms with Crippen LogP contribution in [0.4, 0.5) is 5.95 Å². The van der Waals surface area contributed by atoms with Crippen LogP contribution in [0.2, 0.25) is 10.0 Å². The molecule has 1 saturated carbocycles. The lowest BCUT2D eigenvalue weighted by molar-refractivity contribution is 0.728. The summed E-state index contributed by atoms with van der Waals surface area (Å²) in [7, 11) is 0. The second-order valence-corrected chi connectivity index (χ2v) is 6.98. The van der Waals surface area contributed by atoms with Crippen molar-refractivity contribution in [3.8, 4) is 6.07 Å². The minimum atomic E-state index is 0.0747. The molecule has 0 atom stereocenters. The predicted molar refractivity (Wildman–Crippen MR) is 96.7 cm³/mol. The zero-order valence-electron chi connectivity index (χ0n) is 12.7. The zero-order valence-corrected chi connectivity index (χ0v) is 14.2. The highest BCUT2D eigenvalue weighted by atomic mass is 35.5. The summed E-state index contributed by atoms with van der Waals surface area (Å²) in [6.45, 7) is 0.757. The van der Waals surface area contributed by atoms with Gasteiger partial charge in [0.2, 0.25) is 5.95 Å². The van der Waals surface area contributed by atoms with Crippen molar-refractivity contribution in [2.75, 3.05) is 11.9 Å². The Bertz CT molecular complexity index is 967. The third-order valence-electron chi connectivity index (χ3n) is 4.61. The molecule has 4 rings (SSSR count). The molecule has 2 N–H and O–H groups in total. The van der Waals surface area contributed by atoms with Gasteiger partial charge in [0.15, 0.2) is 0 Å². The number of anilines is 1. The van der Waals surface area contributed by atoms with Gasteiger partial charge in [0.05, 0.1) is 21.1 Å². The van der Waals surface area contributed by atoms with Crippen molar-refractivity contribution < 1.29 is 0 Å². The Balaban J connectivity index is 1.56. The van der Waals surface area contributed by atoms with Crippen LogP contribution >= 0.6 is 23.2 Å². The van der Waals surface area contributed by atoms with Crippen molar-refractivity contribution in [2.45, 2.75) is 18.3 Å². The van der Waals surface area contributed by atoms with Crippen molar-refractivity contribution in [1.29, 1.82) is 5.26 Å². The van der Waals surface area contributed by atoms with E-state index in [1.807, 2.05) is 30.3 Å². The van der Waals surface area contributed by atoms with E-state index >= 15 is 0 Å². The molecule has 24 heavy (non-hydrogen) atoms. The van der Waals surface area contributed by atoms with E-state index in [9.17, 15) is 0 Å². The first-order valence-electron chi connectivity index (χ1n) is 7.70. The van der Waals surface area contributed by atoms with Gasteiger partial charge in [-0.15, -0.1) is 0 Å². The number of para-hydroxylation sites is 1. The number of H-pyrrole nitrogens is 1. The zero-order chi connectivity index (χ0) is 16.7. The number of hydrogen-bond donors (Lipinski definition) is 2. The monoisotopic (exact) mass is 356 g/mol. The van der Waals surface area contributed by atoms with Crippen molar-refractivity contribution in [3.05, 3.63) is 57.6 Å². The van der Waals surface area contributed by atoms with Crippen LogP contribution in [0.5, 0.6) is 0 Å². The second kappa shape index (κ2) is 5.70. The summed E-state index contributed by atoms with van der Waals surface area (Å²) in [6.07, 6.45) is 2.20. The molecule has 1 aliphatic carbocycles. The van der Waals surface area contributed by atoms with Gasteiger partial charge in [0, 0.05) is 12.0 Å². The number of nitrogens with zero attached hydrogens (tertiary/aromatic N) is 2. The minimum absolute atomic E-state index is 0.0747. The third kappa shape index (κ3) is 2.60. The highest BCUT2D eigenvalue weighted by molar-refractivity contribution is 6.42. The molecule has 0 radical (unpaired) electrons. The molecule has 0 unspecified atom stereocenters. The van der Waals surface area contributed by atoms with Gasteiger partial charge in [0.1, 0.15) is 11.6 Å². The molecular weight excluding hydrogens is 343 g/mol. The second-order valence-electron chi connectivity index (χ2n) is 6.16. The molecule has 4 nitrogen and oxygen atoms in total.